The number of nitrogens with one attached hydrogen (secondary N) is 3. The van der Waals surface area contributed by atoms with Crippen LogP contribution in [0.5, 0.6) is 0 Å². The zero-order valence-electron chi connectivity index (χ0n) is 19.1. The first-order valence-electron chi connectivity index (χ1n) is 11.4. The summed E-state index contributed by atoms with van der Waals surface area (Å²) in [6.07, 6.45) is 0.236. The number of fused-ring (bicyclic) bond motifs is 2. The molecule has 0 aliphatic carbocycles. The normalized spacial score (nSPS) is 15.3. The van der Waals surface area contributed by atoms with E-state index in [1.807, 2.05) is 78.9 Å². The number of hydrogen-bond acceptors (Lipinski definition) is 5. The molecule has 3 heterocycles. The fraction of sp³-hybridized carbons (Fsp3) is 0.0741. The minimum atomic E-state index is -1.16. The van der Waals surface area contributed by atoms with Crippen molar-refractivity contribution in [3.05, 3.63) is 114 Å². The zero-order chi connectivity index (χ0) is 24.5. The maximum absolute atomic E-state index is 13.9. The largest absolute Gasteiger partial charge is 0.351 e. The molecular weight excluding hydrogens is 454 g/mol. The minimum Gasteiger partial charge on any atom is -0.351 e. The highest BCUT2D eigenvalue weighted by atomic mass is 16.2. The number of carbonyl (C=O) groups is 2. The van der Waals surface area contributed by atoms with Gasteiger partial charge in [-0.15, -0.1) is 0 Å². The highest BCUT2D eigenvalue weighted by Crippen LogP contribution is 2.29. The fourth-order valence-electron chi connectivity index (χ4n) is 4.37. The van der Waals surface area contributed by atoms with Crippen molar-refractivity contribution in [2.24, 2.45) is 4.99 Å². The Labute approximate surface area is 205 Å². The quantitative estimate of drug-likeness (QED) is 0.361. The average Bonchev–Trinajstić information content (AvgIpc) is 3.58. The summed E-state index contributed by atoms with van der Waals surface area (Å²) in [6, 6.07) is 26.5. The van der Waals surface area contributed by atoms with Crippen LogP contribution in [0.15, 0.2) is 96.2 Å². The van der Waals surface area contributed by atoms with Crippen LogP contribution >= 0.6 is 0 Å². The van der Waals surface area contributed by atoms with Gasteiger partial charge >= 0.3 is 0 Å². The smallest absolute Gasteiger partial charge is 0.272 e. The first-order chi connectivity index (χ1) is 17.7. The second-order valence-corrected chi connectivity index (χ2v) is 8.36. The van der Waals surface area contributed by atoms with Gasteiger partial charge in [0.25, 0.3) is 11.8 Å². The molecule has 0 spiro atoms. The summed E-state index contributed by atoms with van der Waals surface area (Å²) < 4.78 is 0. The summed E-state index contributed by atoms with van der Waals surface area (Å²) in [6.45, 7) is 0.145. The summed E-state index contributed by atoms with van der Waals surface area (Å²) in [5.74, 6) is -0.289. The molecule has 1 aliphatic heterocycles. The van der Waals surface area contributed by atoms with E-state index in [-0.39, 0.29) is 12.5 Å². The van der Waals surface area contributed by atoms with E-state index in [4.69, 9.17) is 4.99 Å². The lowest BCUT2D eigenvalue weighted by Gasteiger charge is -2.24. The van der Waals surface area contributed by atoms with Crippen molar-refractivity contribution in [2.75, 3.05) is 4.90 Å². The molecule has 176 valence electrons. The first kappa shape index (κ1) is 21.5. The second kappa shape index (κ2) is 8.95. The van der Waals surface area contributed by atoms with Crippen LogP contribution in [-0.4, -0.2) is 43.9 Å². The molecule has 0 radical (unpaired) electrons. The van der Waals surface area contributed by atoms with Gasteiger partial charge in [0, 0.05) is 22.0 Å². The number of benzodiazepines with no additional fused rings is 1. The van der Waals surface area contributed by atoms with Crippen LogP contribution < -0.4 is 10.2 Å². The molecule has 3 N–H and O–H groups in total. The first-order valence-corrected chi connectivity index (χ1v) is 11.4. The van der Waals surface area contributed by atoms with E-state index < -0.39 is 12.1 Å². The molecule has 5 aromatic rings. The molecule has 6 rings (SSSR count). The number of rotatable bonds is 5. The SMILES string of the molecule is O=C(N[C@H]1N=C(c2ccccc2)c2ccccc2N(Cc2ncn[nH]2)C1=O)c1cc2ccccc2[nH]1. The van der Waals surface area contributed by atoms with E-state index in [9.17, 15) is 9.59 Å². The molecular formula is C27H21N7O2. The number of carbonyl (C=O) groups excluding carboxylic acids is 2. The molecule has 9 heteroatoms. The Hall–Kier alpha value is -5.05. The number of para-hydroxylation sites is 2. The van der Waals surface area contributed by atoms with Crippen molar-refractivity contribution < 1.29 is 9.59 Å². The van der Waals surface area contributed by atoms with Crippen LogP contribution in [0.25, 0.3) is 10.9 Å². The second-order valence-electron chi connectivity index (χ2n) is 8.36. The van der Waals surface area contributed by atoms with Gasteiger partial charge in [0.1, 0.15) is 17.8 Å². The number of aromatic amines is 2. The Bertz CT molecular complexity index is 1560. The van der Waals surface area contributed by atoms with E-state index in [2.05, 4.69) is 25.5 Å². The van der Waals surface area contributed by atoms with Crippen molar-refractivity contribution in [1.82, 2.24) is 25.5 Å². The molecule has 2 aromatic heterocycles. The number of H-pyrrole nitrogens is 2. The van der Waals surface area contributed by atoms with Crippen LogP contribution in [0.1, 0.15) is 27.4 Å². The van der Waals surface area contributed by atoms with Gasteiger partial charge in [0.15, 0.2) is 0 Å². The number of aliphatic imine (C=N–C) groups is 1. The van der Waals surface area contributed by atoms with Crippen LogP contribution in [0.2, 0.25) is 0 Å². The topological polar surface area (TPSA) is 119 Å². The van der Waals surface area contributed by atoms with Crippen molar-refractivity contribution in [3.63, 3.8) is 0 Å². The number of anilines is 1. The van der Waals surface area contributed by atoms with Crippen LogP contribution in [-0.2, 0) is 11.3 Å². The van der Waals surface area contributed by atoms with E-state index in [0.717, 1.165) is 22.0 Å². The van der Waals surface area contributed by atoms with Gasteiger partial charge in [-0.1, -0.05) is 66.7 Å². The lowest BCUT2D eigenvalue weighted by atomic mass is 10.0. The van der Waals surface area contributed by atoms with E-state index in [1.54, 1.807) is 11.0 Å². The predicted octanol–water partition coefficient (Wildman–Crippen LogP) is 3.43. The third kappa shape index (κ3) is 3.92. The van der Waals surface area contributed by atoms with Gasteiger partial charge in [0.2, 0.25) is 6.17 Å². The monoisotopic (exact) mass is 475 g/mol. The van der Waals surface area contributed by atoms with Crippen molar-refractivity contribution >= 4 is 34.1 Å². The number of aromatic nitrogens is 4. The lowest BCUT2D eigenvalue weighted by Crippen LogP contribution is -2.47. The molecule has 36 heavy (non-hydrogen) atoms. The number of nitrogens with zero attached hydrogens (tertiary/aromatic N) is 4. The number of hydrogen-bond donors (Lipinski definition) is 3. The van der Waals surface area contributed by atoms with Gasteiger partial charge < -0.3 is 15.2 Å². The van der Waals surface area contributed by atoms with Crippen LogP contribution in [0.4, 0.5) is 5.69 Å². The van der Waals surface area contributed by atoms with Gasteiger partial charge in [-0.05, 0) is 18.2 Å². The average molecular weight is 476 g/mol. The molecule has 9 nitrogen and oxygen atoms in total. The van der Waals surface area contributed by atoms with Crippen molar-refractivity contribution in [1.29, 1.82) is 0 Å². The Balaban J connectivity index is 1.44. The summed E-state index contributed by atoms with van der Waals surface area (Å²) >= 11 is 0. The van der Waals surface area contributed by atoms with Gasteiger partial charge in [-0.2, -0.15) is 5.10 Å². The van der Waals surface area contributed by atoms with Gasteiger partial charge in [-0.25, -0.2) is 9.98 Å². The number of amides is 2. The zero-order valence-corrected chi connectivity index (χ0v) is 19.1. The molecule has 0 unspecified atom stereocenters. The standard InChI is InChI=1S/C27H21N7O2/c35-26(21-14-18-10-4-6-12-20(18)30-21)32-25-27(36)34(15-23-28-16-29-33-23)22-13-7-5-11-19(22)24(31-25)17-8-2-1-3-9-17/h1-14,16,25,30H,15H2,(H,32,35)(H,28,29,33)/t25-/m1/s1. The van der Waals surface area contributed by atoms with Crippen LogP contribution in [0.3, 0.4) is 0 Å². The summed E-state index contributed by atoms with van der Waals surface area (Å²) in [5.41, 5.74) is 4.08. The molecule has 3 aromatic carbocycles. The van der Waals surface area contributed by atoms with E-state index >= 15 is 0 Å². The summed E-state index contributed by atoms with van der Waals surface area (Å²) in [4.78, 5) is 40.8. The Morgan fingerprint density at radius 3 is 2.56 bits per heavy atom. The summed E-state index contributed by atoms with van der Waals surface area (Å²) in [7, 11) is 0. The molecule has 2 amide bonds. The maximum atomic E-state index is 13.9. The van der Waals surface area contributed by atoms with E-state index in [0.29, 0.717) is 22.9 Å². The Morgan fingerprint density at radius 2 is 1.75 bits per heavy atom. The van der Waals surface area contributed by atoms with Gasteiger partial charge in [0.05, 0.1) is 17.9 Å². The summed E-state index contributed by atoms with van der Waals surface area (Å²) in [5, 5.41) is 10.5. The fourth-order valence-corrected chi connectivity index (χ4v) is 4.37. The van der Waals surface area contributed by atoms with Crippen LogP contribution in [0, 0.1) is 0 Å². The van der Waals surface area contributed by atoms with Gasteiger partial charge in [-0.3, -0.25) is 14.7 Å². The third-order valence-corrected chi connectivity index (χ3v) is 6.07. The van der Waals surface area contributed by atoms with Crippen molar-refractivity contribution in [2.45, 2.75) is 12.7 Å². The molecule has 0 saturated carbocycles. The Morgan fingerprint density at radius 1 is 0.972 bits per heavy atom. The van der Waals surface area contributed by atoms with E-state index in [1.165, 1.54) is 6.33 Å². The molecule has 0 bridgehead atoms. The molecule has 1 atom stereocenters. The number of benzene rings is 3. The molecule has 0 fully saturated rings. The minimum absolute atomic E-state index is 0.145. The van der Waals surface area contributed by atoms with Crippen molar-refractivity contribution in [3.8, 4) is 0 Å². The maximum Gasteiger partial charge on any atom is 0.272 e. The molecule has 0 saturated heterocycles. The highest BCUT2D eigenvalue weighted by Gasteiger charge is 2.34. The predicted molar refractivity (Wildman–Crippen MR) is 136 cm³/mol. The molecule has 1 aliphatic rings. The Kier molecular flexibility index (Phi) is 5.34. The highest BCUT2D eigenvalue weighted by molar-refractivity contribution is 6.20. The lowest BCUT2D eigenvalue weighted by molar-refractivity contribution is -0.120. The third-order valence-electron chi connectivity index (χ3n) is 6.07.